The predicted octanol–water partition coefficient (Wildman–Crippen LogP) is 7.49. The number of carbonyl (C=O) groups is 2. The summed E-state index contributed by atoms with van der Waals surface area (Å²) in [5.41, 5.74) is 0. The van der Waals surface area contributed by atoms with Crippen LogP contribution in [0.2, 0.25) is 0 Å². The fourth-order valence-corrected chi connectivity index (χ4v) is 5.63. The highest BCUT2D eigenvalue weighted by atomic mass is 16.7. The van der Waals surface area contributed by atoms with Gasteiger partial charge in [0.2, 0.25) is 0 Å². The van der Waals surface area contributed by atoms with E-state index in [1.807, 2.05) is 54.7 Å². The van der Waals surface area contributed by atoms with Crippen molar-refractivity contribution in [2.75, 3.05) is 19.8 Å². The van der Waals surface area contributed by atoms with Crippen molar-refractivity contribution in [3.05, 3.63) is 60.8 Å². The number of aliphatic hydroxyl groups excluding tert-OH is 4. The van der Waals surface area contributed by atoms with Gasteiger partial charge in [-0.2, -0.15) is 0 Å². The molecule has 1 rings (SSSR count). The van der Waals surface area contributed by atoms with E-state index in [9.17, 15) is 30.0 Å². The molecule has 0 saturated carbocycles. The second-order valence-electron chi connectivity index (χ2n) is 13.5. The van der Waals surface area contributed by atoms with Gasteiger partial charge in [0.15, 0.2) is 12.4 Å². The molecule has 0 aliphatic carbocycles. The smallest absolute Gasteiger partial charge is 0.306 e. The number of ether oxygens (including phenoxy) is 4. The third-order valence-electron chi connectivity index (χ3n) is 8.79. The van der Waals surface area contributed by atoms with Gasteiger partial charge in [0.1, 0.15) is 31.0 Å². The largest absolute Gasteiger partial charge is 0.462 e. The van der Waals surface area contributed by atoms with Crippen LogP contribution in [-0.2, 0) is 28.5 Å². The van der Waals surface area contributed by atoms with Gasteiger partial charge in [-0.05, 0) is 25.7 Å². The Balaban J connectivity index is 2.44. The second-order valence-corrected chi connectivity index (χ2v) is 13.5. The van der Waals surface area contributed by atoms with Crippen molar-refractivity contribution >= 4 is 11.9 Å². The maximum atomic E-state index is 12.7. The van der Waals surface area contributed by atoms with Gasteiger partial charge < -0.3 is 39.4 Å². The quantitative estimate of drug-likeness (QED) is 0.0320. The fourth-order valence-electron chi connectivity index (χ4n) is 5.63. The molecule has 1 aliphatic heterocycles. The first-order valence-corrected chi connectivity index (χ1v) is 19.9. The molecule has 0 aromatic carbocycles. The summed E-state index contributed by atoms with van der Waals surface area (Å²) in [5.74, 6) is -0.897. The Morgan fingerprint density at radius 2 is 1.13 bits per heavy atom. The van der Waals surface area contributed by atoms with E-state index >= 15 is 0 Å². The Morgan fingerprint density at radius 3 is 1.69 bits per heavy atom. The lowest BCUT2D eigenvalue weighted by Crippen LogP contribution is -2.59. The fraction of sp³-hybridized carbons (Fsp3) is 0.714. The maximum absolute atomic E-state index is 12.7. The van der Waals surface area contributed by atoms with Gasteiger partial charge in [0.25, 0.3) is 0 Å². The second kappa shape index (κ2) is 33.0. The molecule has 1 aliphatic rings. The summed E-state index contributed by atoms with van der Waals surface area (Å²) in [5, 5.41) is 39.9. The molecule has 3 unspecified atom stereocenters. The number of rotatable bonds is 31. The number of carbonyl (C=O) groups excluding carboxylic acids is 2. The number of hydrogen-bond acceptors (Lipinski definition) is 10. The Hall–Kier alpha value is -2.60. The van der Waals surface area contributed by atoms with Crippen LogP contribution >= 0.6 is 0 Å². The lowest BCUT2D eigenvalue weighted by molar-refractivity contribution is -0.305. The Labute approximate surface area is 313 Å². The SMILES string of the molecule is CC/C=C/C=C/C=C/C=C/C=C/CCCC(=O)OC(COC(=O)CCCCCCCCCCCCCCCC)CO[C@H]1O[C@@H](CO)[C@@H](O)C(O)C1O. The van der Waals surface area contributed by atoms with Crippen LogP contribution in [0.25, 0.3) is 0 Å². The van der Waals surface area contributed by atoms with E-state index in [4.69, 9.17) is 18.9 Å². The van der Waals surface area contributed by atoms with Crippen molar-refractivity contribution in [2.45, 2.75) is 173 Å². The number of aliphatic hydroxyl groups is 4. The predicted molar refractivity (Wildman–Crippen MR) is 205 cm³/mol. The monoisotopic (exact) mass is 734 g/mol. The van der Waals surface area contributed by atoms with Gasteiger partial charge in [-0.15, -0.1) is 0 Å². The minimum absolute atomic E-state index is 0.133. The van der Waals surface area contributed by atoms with Crippen LogP contribution in [0.3, 0.4) is 0 Å². The van der Waals surface area contributed by atoms with Crippen LogP contribution in [0.1, 0.15) is 136 Å². The molecule has 10 heteroatoms. The Bertz CT molecular complexity index is 1030. The third-order valence-corrected chi connectivity index (χ3v) is 8.79. The molecule has 1 heterocycles. The molecule has 298 valence electrons. The standard InChI is InChI=1S/C42H70O10/c1-3-5-7-9-11-13-15-17-19-20-22-24-26-28-30-37(44)49-33-35(34-50-42-41(48)40(47)39(46)36(32-43)52-42)51-38(45)31-29-27-25-23-21-18-16-14-12-10-8-6-4-2/h6,8,10,12,14,16,18,21,23,25,35-36,39-43,46-48H,3-5,7,9,11,13,15,17,19-20,22,24,26-34H2,1-2H3/b8-6+,12-10+,16-14+,21-18+,25-23+/t35?,36-,39+,40?,41?,42-/m0/s1. The maximum Gasteiger partial charge on any atom is 0.306 e. The summed E-state index contributed by atoms with van der Waals surface area (Å²) in [4.78, 5) is 25.2. The van der Waals surface area contributed by atoms with Crippen LogP contribution in [0, 0.1) is 0 Å². The zero-order valence-electron chi connectivity index (χ0n) is 32.0. The highest BCUT2D eigenvalue weighted by Crippen LogP contribution is 2.22. The van der Waals surface area contributed by atoms with Gasteiger partial charge >= 0.3 is 11.9 Å². The summed E-state index contributed by atoms with van der Waals surface area (Å²) in [6, 6.07) is 0. The van der Waals surface area contributed by atoms with Crippen LogP contribution in [0.4, 0.5) is 0 Å². The average Bonchev–Trinajstić information content (AvgIpc) is 3.14. The van der Waals surface area contributed by atoms with E-state index in [-0.39, 0.29) is 26.1 Å². The Kier molecular flexibility index (Phi) is 30.1. The molecule has 4 N–H and O–H groups in total. The number of allylic oxidation sites excluding steroid dienone is 10. The summed E-state index contributed by atoms with van der Waals surface area (Å²) in [7, 11) is 0. The van der Waals surface area contributed by atoms with Crippen molar-refractivity contribution in [2.24, 2.45) is 0 Å². The van der Waals surface area contributed by atoms with Crippen molar-refractivity contribution in [3.63, 3.8) is 0 Å². The van der Waals surface area contributed by atoms with Crippen molar-refractivity contribution in [1.82, 2.24) is 0 Å². The van der Waals surface area contributed by atoms with Crippen LogP contribution in [0.5, 0.6) is 0 Å². The molecule has 0 bridgehead atoms. The van der Waals surface area contributed by atoms with Gasteiger partial charge in [-0.3, -0.25) is 9.59 Å². The first-order chi connectivity index (χ1) is 25.3. The van der Waals surface area contributed by atoms with Gasteiger partial charge in [0, 0.05) is 12.8 Å². The molecule has 0 amide bonds. The minimum atomic E-state index is -1.61. The summed E-state index contributed by atoms with van der Waals surface area (Å²) >= 11 is 0. The van der Waals surface area contributed by atoms with E-state index in [1.54, 1.807) is 0 Å². The highest BCUT2D eigenvalue weighted by Gasteiger charge is 2.44. The summed E-state index contributed by atoms with van der Waals surface area (Å²) in [6.07, 6.45) is 31.0. The van der Waals surface area contributed by atoms with E-state index in [2.05, 4.69) is 19.9 Å². The Morgan fingerprint density at radius 1 is 0.615 bits per heavy atom. The van der Waals surface area contributed by atoms with E-state index in [0.717, 1.165) is 32.1 Å². The highest BCUT2D eigenvalue weighted by molar-refractivity contribution is 5.70. The van der Waals surface area contributed by atoms with Crippen LogP contribution < -0.4 is 0 Å². The average molecular weight is 735 g/mol. The van der Waals surface area contributed by atoms with Crippen LogP contribution in [-0.4, -0.2) is 89.0 Å². The number of unbranched alkanes of at least 4 members (excludes halogenated alkanes) is 14. The topological polar surface area (TPSA) is 152 Å². The molecule has 0 spiro atoms. The normalized spacial score (nSPS) is 21.7. The van der Waals surface area contributed by atoms with Crippen molar-refractivity contribution in [1.29, 1.82) is 0 Å². The van der Waals surface area contributed by atoms with Crippen LogP contribution in [0.15, 0.2) is 60.8 Å². The van der Waals surface area contributed by atoms with E-state index in [0.29, 0.717) is 12.8 Å². The summed E-state index contributed by atoms with van der Waals surface area (Å²) in [6.45, 7) is 3.18. The molecule has 10 nitrogen and oxygen atoms in total. The molecule has 0 aromatic rings. The molecule has 1 fully saturated rings. The molecule has 0 aromatic heterocycles. The zero-order chi connectivity index (χ0) is 38.1. The first kappa shape index (κ1) is 47.4. The number of esters is 2. The molecular formula is C42H70O10. The molecule has 0 radical (unpaired) electrons. The molecule has 1 saturated heterocycles. The first-order valence-electron chi connectivity index (χ1n) is 19.9. The molecular weight excluding hydrogens is 664 g/mol. The number of hydrogen-bond donors (Lipinski definition) is 4. The minimum Gasteiger partial charge on any atom is -0.462 e. The molecule has 52 heavy (non-hydrogen) atoms. The van der Waals surface area contributed by atoms with Gasteiger partial charge in [-0.25, -0.2) is 0 Å². The van der Waals surface area contributed by atoms with E-state index in [1.165, 1.54) is 64.2 Å². The third kappa shape index (κ3) is 24.6. The van der Waals surface area contributed by atoms with Crippen molar-refractivity contribution < 1.29 is 49.0 Å². The van der Waals surface area contributed by atoms with Gasteiger partial charge in [0.05, 0.1) is 13.2 Å². The lowest BCUT2D eigenvalue weighted by atomic mass is 9.99. The summed E-state index contributed by atoms with van der Waals surface area (Å²) < 4.78 is 22.0. The molecule has 6 atom stereocenters. The van der Waals surface area contributed by atoms with Crippen molar-refractivity contribution in [3.8, 4) is 0 Å². The van der Waals surface area contributed by atoms with Gasteiger partial charge in [-0.1, -0.05) is 158 Å². The lowest BCUT2D eigenvalue weighted by Gasteiger charge is -2.39. The van der Waals surface area contributed by atoms with E-state index < -0.39 is 55.4 Å². The zero-order valence-corrected chi connectivity index (χ0v) is 32.0.